The molecule has 0 amide bonds. The molecule has 2 rings (SSSR count). The van der Waals surface area contributed by atoms with E-state index in [-0.39, 0.29) is 36.3 Å². The van der Waals surface area contributed by atoms with E-state index in [1.807, 2.05) is 31.2 Å². The number of alkyl halides is 3. The molecule has 0 aliphatic heterocycles. The molecule has 0 aliphatic rings. The van der Waals surface area contributed by atoms with Crippen molar-refractivity contribution in [2.75, 3.05) is 20.3 Å². The van der Waals surface area contributed by atoms with Gasteiger partial charge in [-0.3, -0.25) is 0 Å². The number of nitrogens with one attached hydrogen (secondary N) is 2. The highest BCUT2D eigenvalue weighted by atomic mass is 127. The Bertz CT molecular complexity index is 786. The first-order chi connectivity index (χ1) is 13.4. The molecule has 0 unspecified atom stereocenters. The van der Waals surface area contributed by atoms with Crippen molar-refractivity contribution >= 4 is 29.9 Å². The molecule has 29 heavy (non-hydrogen) atoms. The first-order valence-corrected chi connectivity index (χ1v) is 8.84. The zero-order valence-electron chi connectivity index (χ0n) is 16.3. The molecular weight excluding hydrogens is 498 g/mol. The van der Waals surface area contributed by atoms with Crippen molar-refractivity contribution in [3.8, 4) is 11.5 Å². The van der Waals surface area contributed by atoms with Gasteiger partial charge in [-0.1, -0.05) is 36.4 Å². The van der Waals surface area contributed by atoms with E-state index in [1.165, 1.54) is 6.07 Å². The Morgan fingerprint density at radius 2 is 1.59 bits per heavy atom. The second-order valence-corrected chi connectivity index (χ2v) is 5.87. The number of para-hydroxylation sites is 2. The van der Waals surface area contributed by atoms with Crippen LogP contribution in [0.1, 0.15) is 18.1 Å². The van der Waals surface area contributed by atoms with E-state index in [2.05, 4.69) is 15.6 Å². The van der Waals surface area contributed by atoms with E-state index < -0.39 is 12.8 Å². The minimum Gasteiger partial charge on any atom is -0.496 e. The quantitative estimate of drug-likeness (QED) is 0.304. The Kier molecular flexibility index (Phi) is 10.6. The maximum absolute atomic E-state index is 12.4. The molecule has 160 valence electrons. The molecule has 0 aromatic heterocycles. The zero-order chi connectivity index (χ0) is 20.4. The largest absolute Gasteiger partial charge is 0.496 e. The third kappa shape index (κ3) is 8.80. The summed E-state index contributed by atoms with van der Waals surface area (Å²) in [5.74, 6) is 1.47. The average molecular weight is 523 g/mol. The van der Waals surface area contributed by atoms with E-state index in [4.69, 9.17) is 9.47 Å². The van der Waals surface area contributed by atoms with E-state index >= 15 is 0 Å². The van der Waals surface area contributed by atoms with Gasteiger partial charge in [-0.15, -0.1) is 24.0 Å². The fourth-order valence-electron chi connectivity index (χ4n) is 2.47. The molecule has 0 atom stereocenters. The number of benzene rings is 2. The van der Waals surface area contributed by atoms with E-state index in [0.29, 0.717) is 24.6 Å². The molecule has 0 heterocycles. The molecule has 5 nitrogen and oxygen atoms in total. The number of guanidine groups is 1. The van der Waals surface area contributed by atoms with Crippen LogP contribution in [0, 0.1) is 0 Å². The van der Waals surface area contributed by atoms with Gasteiger partial charge in [0.15, 0.2) is 12.6 Å². The minimum atomic E-state index is -4.38. The van der Waals surface area contributed by atoms with Gasteiger partial charge >= 0.3 is 6.18 Å². The summed E-state index contributed by atoms with van der Waals surface area (Å²) in [4.78, 5) is 4.52. The monoisotopic (exact) mass is 523 g/mol. The van der Waals surface area contributed by atoms with Gasteiger partial charge in [0.25, 0.3) is 0 Å². The van der Waals surface area contributed by atoms with Crippen LogP contribution in [0.15, 0.2) is 53.5 Å². The molecule has 2 aromatic carbocycles. The van der Waals surface area contributed by atoms with Gasteiger partial charge < -0.3 is 20.1 Å². The summed E-state index contributed by atoms with van der Waals surface area (Å²) in [5, 5.41) is 6.23. The number of hydrogen-bond donors (Lipinski definition) is 2. The van der Waals surface area contributed by atoms with Gasteiger partial charge in [-0.05, 0) is 19.1 Å². The summed E-state index contributed by atoms with van der Waals surface area (Å²) in [6, 6.07) is 14.2. The van der Waals surface area contributed by atoms with Crippen molar-refractivity contribution in [1.82, 2.24) is 10.6 Å². The Balaban J connectivity index is 0.00000420. The Morgan fingerprint density at radius 1 is 0.966 bits per heavy atom. The SMILES string of the molecule is CCNC(=NCc1ccccc1OC)NCc1ccccc1OCC(F)(F)F.I. The summed E-state index contributed by atoms with van der Waals surface area (Å²) < 4.78 is 47.5. The number of hydrogen-bond acceptors (Lipinski definition) is 3. The summed E-state index contributed by atoms with van der Waals surface area (Å²) in [5.41, 5.74) is 1.53. The first kappa shape index (κ1) is 24.9. The Morgan fingerprint density at radius 3 is 2.21 bits per heavy atom. The average Bonchev–Trinajstić information content (AvgIpc) is 2.68. The van der Waals surface area contributed by atoms with Crippen molar-refractivity contribution in [3.63, 3.8) is 0 Å². The summed E-state index contributed by atoms with van der Waals surface area (Å²) in [6.45, 7) is 1.91. The van der Waals surface area contributed by atoms with Crippen LogP contribution in [0.2, 0.25) is 0 Å². The van der Waals surface area contributed by atoms with Crippen LogP contribution in [0.25, 0.3) is 0 Å². The Labute approximate surface area is 185 Å². The number of nitrogens with zero attached hydrogens (tertiary/aromatic N) is 1. The van der Waals surface area contributed by atoms with Gasteiger partial charge in [0, 0.05) is 24.2 Å². The lowest BCUT2D eigenvalue weighted by Crippen LogP contribution is -2.37. The van der Waals surface area contributed by atoms with Gasteiger partial charge in [0.2, 0.25) is 0 Å². The topological polar surface area (TPSA) is 54.9 Å². The fraction of sp³-hybridized carbons (Fsp3) is 0.350. The molecule has 0 bridgehead atoms. The maximum Gasteiger partial charge on any atom is 0.422 e. The standard InChI is InChI=1S/C20H24F3N3O2.HI/c1-3-24-19(25-12-15-8-4-6-10-17(15)27-2)26-13-16-9-5-7-11-18(16)28-14-20(21,22)23;/h4-11H,3,12-14H2,1-2H3,(H2,24,25,26);1H. The van der Waals surface area contributed by atoms with Crippen LogP contribution >= 0.6 is 24.0 Å². The van der Waals surface area contributed by atoms with Gasteiger partial charge in [-0.25, -0.2) is 4.99 Å². The first-order valence-electron chi connectivity index (χ1n) is 8.84. The van der Waals surface area contributed by atoms with E-state index in [9.17, 15) is 13.2 Å². The predicted molar refractivity (Wildman–Crippen MR) is 118 cm³/mol. The van der Waals surface area contributed by atoms with Gasteiger partial charge in [-0.2, -0.15) is 13.2 Å². The molecular formula is C20H25F3IN3O2. The van der Waals surface area contributed by atoms with Crippen molar-refractivity contribution in [2.45, 2.75) is 26.2 Å². The molecule has 2 N–H and O–H groups in total. The number of rotatable bonds is 8. The van der Waals surface area contributed by atoms with Crippen LogP contribution in [0.4, 0.5) is 13.2 Å². The smallest absolute Gasteiger partial charge is 0.422 e. The Hall–Kier alpha value is -2.17. The maximum atomic E-state index is 12.4. The van der Waals surface area contributed by atoms with Crippen molar-refractivity contribution in [3.05, 3.63) is 59.7 Å². The van der Waals surface area contributed by atoms with E-state index in [0.717, 1.165) is 11.3 Å². The third-order valence-electron chi connectivity index (χ3n) is 3.75. The second-order valence-electron chi connectivity index (χ2n) is 5.87. The van der Waals surface area contributed by atoms with Crippen molar-refractivity contribution in [2.24, 2.45) is 4.99 Å². The number of ether oxygens (including phenoxy) is 2. The molecule has 0 spiro atoms. The predicted octanol–water partition coefficient (Wildman–Crippen LogP) is 4.51. The van der Waals surface area contributed by atoms with Crippen LogP contribution in [-0.4, -0.2) is 32.4 Å². The second kappa shape index (κ2) is 12.4. The lowest BCUT2D eigenvalue weighted by molar-refractivity contribution is -0.153. The van der Waals surface area contributed by atoms with Gasteiger partial charge in [0.05, 0.1) is 13.7 Å². The zero-order valence-corrected chi connectivity index (χ0v) is 18.6. The molecule has 0 fully saturated rings. The molecule has 0 aliphatic carbocycles. The van der Waals surface area contributed by atoms with Crippen molar-refractivity contribution < 1.29 is 22.6 Å². The summed E-state index contributed by atoms with van der Waals surface area (Å²) in [6.07, 6.45) is -4.38. The molecule has 2 aromatic rings. The van der Waals surface area contributed by atoms with Crippen LogP contribution in [-0.2, 0) is 13.1 Å². The molecule has 9 heteroatoms. The number of methoxy groups -OCH3 is 1. The highest BCUT2D eigenvalue weighted by Gasteiger charge is 2.28. The third-order valence-corrected chi connectivity index (χ3v) is 3.75. The lowest BCUT2D eigenvalue weighted by Gasteiger charge is -2.15. The normalized spacial score (nSPS) is 11.4. The molecule has 0 saturated carbocycles. The van der Waals surface area contributed by atoms with Crippen LogP contribution < -0.4 is 20.1 Å². The number of halogens is 4. The van der Waals surface area contributed by atoms with Crippen LogP contribution in [0.3, 0.4) is 0 Å². The van der Waals surface area contributed by atoms with E-state index in [1.54, 1.807) is 25.3 Å². The molecule has 0 saturated heterocycles. The molecule has 0 radical (unpaired) electrons. The highest BCUT2D eigenvalue weighted by Crippen LogP contribution is 2.22. The minimum absolute atomic E-state index is 0. The highest BCUT2D eigenvalue weighted by molar-refractivity contribution is 14.0. The van der Waals surface area contributed by atoms with Crippen molar-refractivity contribution in [1.29, 1.82) is 0 Å². The summed E-state index contributed by atoms with van der Waals surface area (Å²) in [7, 11) is 1.60. The summed E-state index contributed by atoms with van der Waals surface area (Å²) >= 11 is 0. The van der Waals surface area contributed by atoms with Gasteiger partial charge in [0.1, 0.15) is 11.5 Å². The fourth-order valence-corrected chi connectivity index (χ4v) is 2.47. The number of aliphatic imine (C=N–C) groups is 1. The van der Waals surface area contributed by atoms with Crippen LogP contribution in [0.5, 0.6) is 11.5 Å². The lowest BCUT2D eigenvalue weighted by atomic mass is 10.2.